The topological polar surface area (TPSA) is 76.6 Å². The van der Waals surface area contributed by atoms with Crippen molar-refractivity contribution in [3.05, 3.63) is 28.8 Å². The molecule has 1 aromatic carbocycles. The molecule has 0 aliphatic carbocycles. The summed E-state index contributed by atoms with van der Waals surface area (Å²) in [5.74, 6) is 0.461. The normalized spacial score (nSPS) is 19.5. The molecular formula is C25H40N4O4. The largest absolute Gasteiger partial charge is 0.507 e. The van der Waals surface area contributed by atoms with E-state index >= 15 is 0 Å². The molecule has 8 nitrogen and oxygen atoms in total. The number of aromatic hydroxyl groups is 1. The molecule has 0 bridgehead atoms. The van der Waals surface area contributed by atoms with Gasteiger partial charge >= 0.3 is 0 Å². The summed E-state index contributed by atoms with van der Waals surface area (Å²) in [5.41, 5.74) is 2.82. The lowest BCUT2D eigenvalue weighted by Crippen LogP contribution is -2.55. The average Bonchev–Trinajstić information content (AvgIpc) is 2.82. The molecule has 2 aliphatic heterocycles. The van der Waals surface area contributed by atoms with Crippen LogP contribution in [0.15, 0.2) is 12.1 Å². The zero-order valence-electron chi connectivity index (χ0n) is 20.8. The molecule has 2 saturated heterocycles. The number of likely N-dealkylation sites (N-methyl/N-ethyl adjacent to an activating group) is 1. The molecule has 2 heterocycles. The van der Waals surface area contributed by atoms with E-state index in [9.17, 15) is 14.7 Å². The summed E-state index contributed by atoms with van der Waals surface area (Å²) in [5, 5.41) is 11.3. The molecule has 2 fully saturated rings. The van der Waals surface area contributed by atoms with E-state index in [1.54, 1.807) is 7.05 Å². The summed E-state index contributed by atoms with van der Waals surface area (Å²) in [4.78, 5) is 36.8. The van der Waals surface area contributed by atoms with Gasteiger partial charge in [0.15, 0.2) is 0 Å². The van der Waals surface area contributed by atoms with E-state index < -0.39 is 0 Å². The van der Waals surface area contributed by atoms with Gasteiger partial charge in [0.2, 0.25) is 5.91 Å². The molecule has 1 aromatic rings. The van der Waals surface area contributed by atoms with Crippen LogP contribution >= 0.6 is 0 Å². The predicted molar refractivity (Wildman–Crippen MR) is 128 cm³/mol. The summed E-state index contributed by atoms with van der Waals surface area (Å²) in [7, 11) is 3.15. The number of piperidine rings is 1. The average molecular weight is 461 g/mol. The quantitative estimate of drug-likeness (QED) is 0.626. The maximum Gasteiger partial charge on any atom is 0.259 e. The Bertz CT molecular complexity index is 807. The van der Waals surface area contributed by atoms with Gasteiger partial charge in [0.05, 0.1) is 13.7 Å². The molecule has 2 aliphatic rings. The first-order valence-electron chi connectivity index (χ1n) is 12.0. The molecule has 0 unspecified atom stereocenters. The number of rotatable bonds is 7. The zero-order chi connectivity index (χ0) is 24.1. The maximum absolute atomic E-state index is 13.1. The first-order valence-corrected chi connectivity index (χ1v) is 12.0. The number of aryl methyl sites for hydroxylation is 2. The monoisotopic (exact) mass is 460 g/mol. The van der Waals surface area contributed by atoms with E-state index in [4.69, 9.17) is 4.84 Å². The number of phenolic OH excluding ortho intramolecular Hbond substituents is 1. The Labute approximate surface area is 198 Å². The minimum atomic E-state index is -0.0779. The van der Waals surface area contributed by atoms with Gasteiger partial charge in [-0.2, -0.15) is 0 Å². The number of hydroxylamine groups is 2. The van der Waals surface area contributed by atoms with Crippen molar-refractivity contribution >= 4 is 11.8 Å². The van der Waals surface area contributed by atoms with E-state index in [0.717, 1.165) is 68.8 Å². The second-order valence-corrected chi connectivity index (χ2v) is 9.63. The molecule has 3 rings (SSSR count). The van der Waals surface area contributed by atoms with E-state index in [1.807, 2.05) is 37.8 Å². The molecule has 8 heteroatoms. The lowest BCUT2D eigenvalue weighted by Gasteiger charge is -2.43. The van der Waals surface area contributed by atoms with Gasteiger partial charge in [-0.05, 0) is 49.8 Å². The van der Waals surface area contributed by atoms with Crippen LogP contribution in [0.4, 0.5) is 0 Å². The number of phenols is 1. The van der Waals surface area contributed by atoms with Crippen molar-refractivity contribution in [2.24, 2.45) is 5.92 Å². The van der Waals surface area contributed by atoms with Crippen LogP contribution in [0.1, 0.15) is 36.5 Å². The second kappa shape index (κ2) is 11.3. The number of piperazine rings is 1. The number of carbonyl (C=O) groups excluding carboxylic acids is 2. The zero-order valence-corrected chi connectivity index (χ0v) is 20.8. The number of carbonyl (C=O) groups is 2. The Hall–Kier alpha value is -2.16. The number of nitrogens with zero attached hydrogens (tertiary/aromatic N) is 4. The van der Waals surface area contributed by atoms with Gasteiger partial charge < -0.3 is 10.0 Å². The fraction of sp³-hybridized carbons (Fsp3) is 0.680. The first kappa shape index (κ1) is 25.5. The highest BCUT2D eigenvalue weighted by molar-refractivity contribution is 5.79. The van der Waals surface area contributed by atoms with Crippen LogP contribution in [0.5, 0.6) is 5.75 Å². The van der Waals surface area contributed by atoms with E-state index in [2.05, 4.69) is 9.80 Å². The van der Waals surface area contributed by atoms with Crippen molar-refractivity contribution in [2.75, 3.05) is 60.0 Å². The number of amides is 2. The van der Waals surface area contributed by atoms with Crippen molar-refractivity contribution in [1.29, 1.82) is 0 Å². The smallest absolute Gasteiger partial charge is 0.259 e. The SMILES string of the molecule is CON(C)C(=O)CN1CCC(N2CCN(C(=O)[C@H](C)Cc3cc(C)c(O)c(C)c3)CC2)CC1. The number of hydrogen-bond donors (Lipinski definition) is 1. The Morgan fingerprint density at radius 1 is 1.09 bits per heavy atom. The Kier molecular flexibility index (Phi) is 8.73. The van der Waals surface area contributed by atoms with Gasteiger partial charge in [-0.1, -0.05) is 19.1 Å². The van der Waals surface area contributed by atoms with E-state index in [-0.39, 0.29) is 17.7 Å². The molecule has 1 atom stereocenters. The number of hydrogen-bond acceptors (Lipinski definition) is 6. The molecule has 0 aromatic heterocycles. The second-order valence-electron chi connectivity index (χ2n) is 9.63. The number of likely N-dealkylation sites (tertiary alicyclic amines) is 1. The van der Waals surface area contributed by atoms with Gasteiger partial charge in [0, 0.05) is 58.3 Å². The first-order chi connectivity index (χ1) is 15.7. The van der Waals surface area contributed by atoms with Gasteiger partial charge in [0.1, 0.15) is 5.75 Å². The fourth-order valence-corrected chi connectivity index (χ4v) is 5.06. The number of benzene rings is 1. The van der Waals surface area contributed by atoms with Crippen molar-refractivity contribution in [3.63, 3.8) is 0 Å². The van der Waals surface area contributed by atoms with Crippen LogP contribution in [0.25, 0.3) is 0 Å². The van der Waals surface area contributed by atoms with Gasteiger partial charge in [0.25, 0.3) is 5.91 Å². The van der Waals surface area contributed by atoms with Crippen LogP contribution in [-0.2, 0) is 20.8 Å². The van der Waals surface area contributed by atoms with Crippen molar-refractivity contribution in [2.45, 2.75) is 46.1 Å². The Balaban J connectivity index is 1.43. The highest BCUT2D eigenvalue weighted by atomic mass is 16.7. The predicted octanol–water partition coefficient (Wildman–Crippen LogP) is 1.82. The molecule has 184 valence electrons. The summed E-state index contributed by atoms with van der Waals surface area (Å²) in [6, 6.07) is 4.49. The third-order valence-electron chi connectivity index (χ3n) is 7.20. The third-order valence-corrected chi connectivity index (χ3v) is 7.20. The highest BCUT2D eigenvalue weighted by Crippen LogP contribution is 2.25. The van der Waals surface area contributed by atoms with Crippen LogP contribution in [0.3, 0.4) is 0 Å². The summed E-state index contributed by atoms with van der Waals surface area (Å²) in [6.45, 7) is 11.4. The van der Waals surface area contributed by atoms with Crippen LogP contribution in [-0.4, -0.2) is 103 Å². The molecule has 33 heavy (non-hydrogen) atoms. The molecular weight excluding hydrogens is 420 g/mol. The van der Waals surface area contributed by atoms with Crippen LogP contribution in [0.2, 0.25) is 0 Å². The van der Waals surface area contributed by atoms with Crippen molar-refractivity contribution in [3.8, 4) is 5.75 Å². The Morgan fingerprint density at radius 2 is 1.67 bits per heavy atom. The van der Waals surface area contributed by atoms with Gasteiger partial charge in [-0.25, -0.2) is 5.06 Å². The lowest BCUT2D eigenvalue weighted by atomic mass is 9.96. The van der Waals surface area contributed by atoms with Crippen molar-refractivity contribution in [1.82, 2.24) is 19.8 Å². The van der Waals surface area contributed by atoms with E-state index in [1.165, 1.54) is 12.2 Å². The third kappa shape index (κ3) is 6.46. The highest BCUT2D eigenvalue weighted by Gasteiger charge is 2.31. The lowest BCUT2D eigenvalue weighted by molar-refractivity contribution is -0.170. The molecule has 1 N–H and O–H groups in total. The fourth-order valence-electron chi connectivity index (χ4n) is 5.06. The van der Waals surface area contributed by atoms with Gasteiger partial charge in [-0.15, -0.1) is 0 Å². The van der Waals surface area contributed by atoms with Crippen LogP contribution in [0, 0.1) is 19.8 Å². The molecule has 0 spiro atoms. The minimum absolute atomic E-state index is 0.0187. The standard InChI is InChI=1S/C25H40N4O4/c1-18-14-21(15-19(2)24(18)31)16-20(3)25(32)29-12-10-28(11-13-29)22-6-8-27(9-7-22)17-23(30)26(4)33-5/h14-15,20,22,31H,6-13,16-17H2,1-5H3/t20-/m1/s1. The van der Waals surface area contributed by atoms with E-state index in [0.29, 0.717) is 24.8 Å². The summed E-state index contributed by atoms with van der Waals surface area (Å²) >= 11 is 0. The molecule has 0 saturated carbocycles. The summed E-state index contributed by atoms with van der Waals surface area (Å²) in [6.07, 6.45) is 2.79. The molecule has 0 radical (unpaired) electrons. The minimum Gasteiger partial charge on any atom is -0.507 e. The van der Waals surface area contributed by atoms with Crippen molar-refractivity contribution < 1.29 is 19.5 Å². The van der Waals surface area contributed by atoms with Gasteiger partial charge in [-0.3, -0.25) is 24.2 Å². The molecule has 2 amide bonds. The van der Waals surface area contributed by atoms with Crippen LogP contribution < -0.4 is 0 Å². The summed E-state index contributed by atoms with van der Waals surface area (Å²) < 4.78 is 0. The maximum atomic E-state index is 13.1. The Morgan fingerprint density at radius 3 is 2.21 bits per heavy atom.